The monoisotopic (exact) mass is 246 g/mol. The SMILES string of the molecule is Cc1ccc(CN2CC(NC(C)C)CC2=O)cc1. The molecule has 1 fully saturated rings. The third kappa shape index (κ3) is 3.33. The fourth-order valence-electron chi connectivity index (χ4n) is 2.42. The molecule has 0 bridgehead atoms. The van der Waals surface area contributed by atoms with Crippen LogP contribution in [-0.4, -0.2) is 29.4 Å². The smallest absolute Gasteiger partial charge is 0.224 e. The van der Waals surface area contributed by atoms with Crippen LogP contribution in [0.1, 0.15) is 31.4 Å². The highest BCUT2D eigenvalue weighted by Crippen LogP contribution is 2.15. The number of hydrogen-bond donors (Lipinski definition) is 1. The second kappa shape index (κ2) is 5.53. The summed E-state index contributed by atoms with van der Waals surface area (Å²) in [6.45, 7) is 7.87. The molecule has 0 aliphatic carbocycles. The van der Waals surface area contributed by atoms with Crippen molar-refractivity contribution in [2.24, 2.45) is 0 Å². The molecule has 0 aromatic heterocycles. The number of nitrogens with one attached hydrogen (secondary N) is 1. The minimum Gasteiger partial charge on any atom is -0.337 e. The summed E-state index contributed by atoms with van der Waals surface area (Å²) in [5, 5.41) is 3.43. The number of nitrogens with zero attached hydrogens (tertiary/aromatic N) is 1. The van der Waals surface area contributed by atoms with Gasteiger partial charge in [-0.05, 0) is 12.5 Å². The molecule has 0 spiro atoms. The van der Waals surface area contributed by atoms with E-state index in [1.807, 2.05) is 4.90 Å². The molecule has 1 heterocycles. The summed E-state index contributed by atoms with van der Waals surface area (Å²) in [5.74, 6) is 0.258. The Kier molecular flexibility index (Phi) is 4.02. The molecule has 1 unspecified atom stereocenters. The molecule has 1 aromatic rings. The van der Waals surface area contributed by atoms with E-state index < -0.39 is 0 Å². The largest absolute Gasteiger partial charge is 0.337 e. The molecule has 1 amide bonds. The van der Waals surface area contributed by atoms with Crippen LogP contribution in [0.5, 0.6) is 0 Å². The van der Waals surface area contributed by atoms with Crippen molar-refractivity contribution in [1.29, 1.82) is 0 Å². The van der Waals surface area contributed by atoms with E-state index in [4.69, 9.17) is 0 Å². The van der Waals surface area contributed by atoms with Crippen molar-refractivity contribution >= 4 is 5.91 Å². The predicted octanol–water partition coefficient (Wildman–Crippen LogP) is 2.09. The number of benzene rings is 1. The third-order valence-corrected chi connectivity index (χ3v) is 3.28. The number of likely N-dealkylation sites (tertiary alicyclic amines) is 1. The Morgan fingerprint density at radius 2 is 2.00 bits per heavy atom. The van der Waals surface area contributed by atoms with Crippen LogP contribution in [0, 0.1) is 6.92 Å². The van der Waals surface area contributed by atoms with Crippen LogP contribution in [-0.2, 0) is 11.3 Å². The van der Waals surface area contributed by atoms with Gasteiger partial charge in [-0.15, -0.1) is 0 Å². The van der Waals surface area contributed by atoms with E-state index in [1.54, 1.807) is 0 Å². The Labute approximate surface area is 109 Å². The van der Waals surface area contributed by atoms with Gasteiger partial charge in [0, 0.05) is 31.6 Å². The first-order valence-electron chi connectivity index (χ1n) is 6.64. The number of carbonyl (C=O) groups is 1. The molecule has 1 aromatic carbocycles. The third-order valence-electron chi connectivity index (χ3n) is 3.28. The van der Waals surface area contributed by atoms with Gasteiger partial charge in [-0.25, -0.2) is 0 Å². The van der Waals surface area contributed by atoms with Gasteiger partial charge in [0.2, 0.25) is 5.91 Å². The van der Waals surface area contributed by atoms with E-state index in [0.29, 0.717) is 18.5 Å². The first-order chi connectivity index (χ1) is 8.54. The molecule has 3 heteroatoms. The summed E-state index contributed by atoms with van der Waals surface area (Å²) in [6, 6.07) is 9.14. The lowest BCUT2D eigenvalue weighted by Gasteiger charge is -2.18. The van der Waals surface area contributed by atoms with Crippen molar-refractivity contribution in [3.05, 3.63) is 35.4 Å². The van der Waals surface area contributed by atoms with Gasteiger partial charge in [0.15, 0.2) is 0 Å². The highest BCUT2D eigenvalue weighted by atomic mass is 16.2. The van der Waals surface area contributed by atoms with Crippen LogP contribution >= 0.6 is 0 Å². The summed E-state index contributed by atoms with van der Waals surface area (Å²) < 4.78 is 0. The lowest BCUT2D eigenvalue weighted by Crippen LogP contribution is -2.36. The Bertz CT molecular complexity index is 411. The maximum Gasteiger partial charge on any atom is 0.224 e. The lowest BCUT2D eigenvalue weighted by molar-refractivity contribution is -0.128. The van der Waals surface area contributed by atoms with Gasteiger partial charge < -0.3 is 10.2 Å². The average Bonchev–Trinajstić information content (AvgIpc) is 2.61. The first kappa shape index (κ1) is 13.1. The Morgan fingerprint density at radius 3 is 2.61 bits per heavy atom. The molecule has 18 heavy (non-hydrogen) atoms. The van der Waals surface area contributed by atoms with Crippen molar-refractivity contribution in [3.8, 4) is 0 Å². The molecule has 1 aliphatic heterocycles. The van der Waals surface area contributed by atoms with Gasteiger partial charge in [-0.3, -0.25) is 4.79 Å². The molecular formula is C15H22N2O. The molecule has 1 N–H and O–H groups in total. The van der Waals surface area contributed by atoms with Crippen LogP contribution in [0.4, 0.5) is 0 Å². The van der Waals surface area contributed by atoms with Crippen LogP contribution in [0.25, 0.3) is 0 Å². The van der Waals surface area contributed by atoms with E-state index in [-0.39, 0.29) is 5.91 Å². The number of rotatable bonds is 4. The Balaban J connectivity index is 1.94. The standard InChI is InChI=1S/C15H22N2O/c1-11(2)16-14-8-15(18)17(10-14)9-13-6-4-12(3)5-7-13/h4-7,11,14,16H,8-10H2,1-3H3. The number of hydrogen-bond acceptors (Lipinski definition) is 2. The van der Waals surface area contributed by atoms with Gasteiger partial charge in [0.1, 0.15) is 0 Å². The number of aryl methyl sites for hydroxylation is 1. The molecule has 1 saturated heterocycles. The van der Waals surface area contributed by atoms with Gasteiger partial charge in [-0.1, -0.05) is 43.7 Å². The van der Waals surface area contributed by atoms with Crippen molar-refractivity contribution in [2.45, 2.75) is 45.8 Å². The van der Waals surface area contributed by atoms with E-state index in [1.165, 1.54) is 11.1 Å². The summed E-state index contributed by atoms with van der Waals surface area (Å²) >= 11 is 0. The van der Waals surface area contributed by atoms with Crippen LogP contribution < -0.4 is 5.32 Å². The van der Waals surface area contributed by atoms with Crippen LogP contribution in [0.15, 0.2) is 24.3 Å². The molecule has 1 atom stereocenters. The molecule has 1 aliphatic rings. The lowest BCUT2D eigenvalue weighted by atomic mass is 10.1. The second-order valence-electron chi connectivity index (χ2n) is 5.48. The van der Waals surface area contributed by atoms with Gasteiger partial charge in [0.25, 0.3) is 0 Å². The topological polar surface area (TPSA) is 32.3 Å². The maximum atomic E-state index is 11.9. The zero-order valence-electron chi connectivity index (χ0n) is 11.4. The quantitative estimate of drug-likeness (QED) is 0.882. The molecule has 0 radical (unpaired) electrons. The maximum absolute atomic E-state index is 11.9. The molecule has 98 valence electrons. The highest BCUT2D eigenvalue weighted by molar-refractivity contribution is 5.79. The van der Waals surface area contributed by atoms with E-state index in [2.05, 4.69) is 50.4 Å². The molecular weight excluding hydrogens is 224 g/mol. The second-order valence-corrected chi connectivity index (χ2v) is 5.48. The van der Waals surface area contributed by atoms with Gasteiger partial charge in [0.05, 0.1) is 0 Å². The molecule has 0 saturated carbocycles. The molecule has 2 rings (SSSR count). The van der Waals surface area contributed by atoms with E-state index in [9.17, 15) is 4.79 Å². The highest BCUT2D eigenvalue weighted by Gasteiger charge is 2.29. The van der Waals surface area contributed by atoms with Crippen molar-refractivity contribution in [1.82, 2.24) is 10.2 Å². The van der Waals surface area contributed by atoms with E-state index in [0.717, 1.165) is 13.1 Å². The average molecular weight is 246 g/mol. The summed E-state index contributed by atoms with van der Waals surface area (Å²) in [4.78, 5) is 13.9. The fourth-order valence-corrected chi connectivity index (χ4v) is 2.42. The van der Waals surface area contributed by atoms with Gasteiger partial charge >= 0.3 is 0 Å². The number of amides is 1. The zero-order valence-corrected chi connectivity index (χ0v) is 11.4. The van der Waals surface area contributed by atoms with Crippen molar-refractivity contribution in [2.75, 3.05) is 6.54 Å². The van der Waals surface area contributed by atoms with Crippen LogP contribution in [0.3, 0.4) is 0 Å². The minimum atomic E-state index is 0.258. The first-order valence-corrected chi connectivity index (χ1v) is 6.64. The predicted molar refractivity (Wildman–Crippen MR) is 73.3 cm³/mol. The Morgan fingerprint density at radius 1 is 1.33 bits per heavy atom. The summed E-state index contributed by atoms with van der Waals surface area (Å²) in [6.07, 6.45) is 0.629. The summed E-state index contributed by atoms with van der Waals surface area (Å²) in [7, 11) is 0. The fraction of sp³-hybridized carbons (Fsp3) is 0.533. The summed E-state index contributed by atoms with van der Waals surface area (Å²) in [5.41, 5.74) is 2.46. The van der Waals surface area contributed by atoms with E-state index >= 15 is 0 Å². The van der Waals surface area contributed by atoms with Crippen molar-refractivity contribution < 1.29 is 4.79 Å². The number of carbonyl (C=O) groups excluding carboxylic acids is 1. The Hall–Kier alpha value is -1.35. The van der Waals surface area contributed by atoms with Gasteiger partial charge in [-0.2, -0.15) is 0 Å². The van der Waals surface area contributed by atoms with Crippen LogP contribution in [0.2, 0.25) is 0 Å². The minimum absolute atomic E-state index is 0.258. The zero-order chi connectivity index (χ0) is 13.1. The normalized spacial score (nSPS) is 19.9. The van der Waals surface area contributed by atoms with Crippen molar-refractivity contribution in [3.63, 3.8) is 0 Å². The molecule has 3 nitrogen and oxygen atoms in total.